The van der Waals surface area contributed by atoms with Crippen LogP contribution in [0.3, 0.4) is 0 Å². The molecule has 27 heavy (non-hydrogen) atoms. The molecule has 0 spiro atoms. The van der Waals surface area contributed by atoms with E-state index in [1.165, 1.54) is 24.0 Å². The van der Waals surface area contributed by atoms with Gasteiger partial charge in [-0.25, -0.2) is 0 Å². The predicted octanol–water partition coefficient (Wildman–Crippen LogP) is 1.61. The minimum atomic E-state index is -0.212. The fourth-order valence-electron chi connectivity index (χ4n) is 4.52. The molecule has 1 aromatic carbocycles. The van der Waals surface area contributed by atoms with Crippen molar-refractivity contribution in [2.75, 3.05) is 46.4 Å². The van der Waals surface area contributed by atoms with Gasteiger partial charge in [-0.15, -0.1) is 0 Å². The Balaban J connectivity index is 1.28. The Hall–Kier alpha value is -2.08. The number of carbonyl (C=O) groups excluding carboxylic acids is 1. The number of aliphatic imine (C=N–C) groups is 1. The molecule has 0 radical (unpaired) electrons. The fourth-order valence-corrected chi connectivity index (χ4v) is 4.52. The van der Waals surface area contributed by atoms with E-state index >= 15 is 0 Å². The fraction of sp³-hybridized carbons (Fsp3) is 0.619. The lowest BCUT2D eigenvalue weighted by Crippen LogP contribution is -2.55. The summed E-state index contributed by atoms with van der Waals surface area (Å²) in [6.45, 7) is 4.76. The maximum Gasteiger partial charge on any atom is 0.251 e. The zero-order chi connectivity index (χ0) is 18.6. The van der Waals surface area contributed by atoms with Crippen molar-refractivity contribution in [2.45, 2.75) is 37.7 Å². The van der Waals surface area contributed by atoms with Crippen LogP contribution in [0.1, 0.15) is 36.3 Å². The number of guanidine groups is 1. The Morgan fingerprint density at radius 2 is 1.96 bits per heavy atom. The van der Waals surface area contributed by atoms with Gasteiger partial charge in [-0.3, -0.25) is 9.79 Å². The van der Waals surface area contributed by atoms with Crippen molar-refractivity contribution >= 4 is 11.9 Å². The summed E-state index contributed by atoms with van der Waals surface area (Å²) in [4.78, 5) is 21.2. The maximum atomic E-state index is 12.5. The molecule has 4 rings (SSSR count). The van der Waals surface area contributed by atoms with Gasteiger partial charge in [-0.2, -0.15) is 0 Å². The number of piperazine rings is 1. The van der Waals surface area contributed by atoms with Crippen LogP contribution in [0, 0.1) is 0 Å². The van der Waals surface area contributed by atoms with Crippen LogP contribution < -0.4 is 5.32 Å². The zero-order valence-corrected chi connectivity index (χ0v) is 16.2. The molecule has 1 aliphatic carbocycles. The van der Waals surface area contributed by atoms with E-state index in [4.69, 9.17) is 4.74 Å². The van der Waals surface area contributed by atoms with Crippen molar-refractivity contribution in [1.29, 1.82) is 0 Å². The van der Waals surface area contributed by atoms with Gasteiger partial charge in [0.2, 0.25) is 0 Å². The first-order valence-electron chi connectivity index (χ1n) is 10.2. The van der Waals surface area contributed by atoms with Gasteiger partial charge < -0.3 is 19.9 Å². The lowest BCUT2D eigenvalue weighted by atomic mass is 10.0. The van der Waals surface area contributed by atoms with E-state index in [0.717, 1.165) is 58.1 Å². The molecule has 0 bridgehead atoms. The number of amides is 1. The van der Waals surface area contributed by atoms with Gasteiger partial charge in [0.15, 0.2) is 5.96 Å². The molecule has 0 aromatic heterocycles. The van der Waals surface area contributed by atoms with Gasteiger partial charge in [0.05, 0.1) is 0 Å². The predicted molar refractivity (Wildman–Crippen MR) is 106 cm³/mol. The van der Waals surface area contributed by atoms with Crippen LogP contribution in [0.15, 0.2) is 29.3 Å². The van der Waals surface area contributed by atoms with Gasteiger partial charge >= 0.3 is 0 Å². The molecule has 2 unspecified atom stereocenters. The SMILES string of the molecule is CN=C(NCC1CCc2ccccc21)N1CCN(C(=O)C2CCCO2)CC1. The molecule has 3 aliphatic rings. The molecular formula is C21H30N4O2. The van der Waals surface area contributed by atoms with Crippen LogP contribution in [0.4, 0.5) is 0 Å². The monoisotopic (exact) mass is 370 g/mol. The molecule has 2 heterocycles. The van der Waals surface area contributed by atoms with Gasteiger partial charge in [0, 0.05) is 52.3 Å². The Morgan fingerprint density at radius 3 is 2.70 bits per heavy atom. The molecule has 2 aliphatic heterocycles. The van der Waals surface area contributed by atoms with Crippen LogP contribution in [0.5, 0.6) is 0 Å². The third-order valence-corrected chi connectivity index (χ3v) is 6.07. The first-order valence-corrected chi connectivity index (χ1v) is 10.2. The number of benzene rings is 1. The molecule has 1 amide bonds. The first-order chi connectivity index (χ1) is 13.3. The molecule has 6 heteroatoms. The highest BCUT2D eigenvalue weighted by molar-refractivity contribution is 5.82. The second-order valence-electron chi connectivity index (χ2n) is 7.68. The third kappa shape index (κ3) is 3.95. The molecule has 2 saturated heterocycles. The molecular weight excluding hydrogens is 340 g/mol. The molecule has 1 aromatic rings. The summed E-state index contributed by atoms with van der Waals surface area (Å²) in [6, 6.07) is 8.77. The lowest BCUT2D eigenvalue weighted by Gasteiger charge is -2.37. The summed E-state index contributed by atoms with van der Waals surface area (Å²) in [6.07, 6.45) is 4.02. The average Bonchev–Trinajstić information content (AvgIpc) is 3.39. The lowest BCUT2D eigenvalue weighted by molar-refractivity contribution is -0.142. The van der Waals surface area contributed by atoms with Crippen molar-refractivity contribution in [1.82, 2.24) is 15.1 Å². The van der Waals surface area contributed by atoms with Crippen LogP contribution in [-0.4, -0.2) is 74.1 Å². The number of aryl methyl sites for hydroxylation is 1. The number of nitrogens with one attached hydrogen (secondary N) is 1. The van der Waals surface area contributed by atoms with Crippen molar-refractivity contribution in [3.05, 3.63) is 35.4 Å². The minimum Gasteiger partial charge on any atom is -0.368 e. The van der Waals surface area contributed by atoms with E-state index in [1.807, 2.05) is 11.9 Å². The Kier molecular flexibility index (Phi) is 5.62. The van der Waals surface area contributed by atoms with E-state index in [-0.39, 0.29) is 12.0 Å². The molecule has 146 valence electrons. The number of hydrogen-bond acceptors (Lipinski definition) is 3. The van der Waals surface area contributed by atoms with Gasteiger partial charge in [-0.1, -0.05) is 24.3 Å². The summed E-state index contributed by atoms with van der Waals surface area (Å²) < 4.78 is 5.55. The highest BCUT2D eigenvalue weighted by Gasteiger charge is 2.31. The number of nitrogens with zero attached hydrogens (tertiary/aromatic N) is 3. The van der Waals surface area contributed by atoms with E-state index in [9.17, 15) is 4.79 Å². The number of hydrogen-bond donors (Lipinski definition) is 1. The molecule has 0 saturated carbocycles. The minimum absolute atomic E-state index is 0.164. The number of carbonyl (C=O) groups is 1. The first kappa shape index (κ1) is 18.3. The standard InChI is InChI=1S/C21H30N4O2/c1-22-21(23-15-17-9-8-16-5-2-3-6-18(16)17)25-12-10-24(11-13-25)20(26)19-7-4-14-27-19/h2-3,5-6,17,19H,4,7-15H2,1H3,(H,22,23). The van der Waals surface area contributed by atoms with E-state index in [0.29, 0.717) is 5.92 Å². The van der Waals surface area contributed by atoms with Crippen LogP contribution in [0.2, 0.25) is 0 Å². The van der Waals surface area contributed by atoms with E-state index < -0.39 is 0 Å². The second kappa shape index (κ2) is 8.30. The Labute approximate surface area is 161 Å². The molecule has 1 N–H and O–H groups in total. The van der Waals surface area contributed by atoms with Gasteiger partial charge in [0.25, 0.3) is 5.91 Å². The Bertz CT molecular complexity index is 691. The van der Waals surface area contributed by atoms with Crippen molar-refractivity contribution in [3.8, 4) is 0 Å². The average molecular weight is 370 g/mol. The highest BCUT2D eigenvalue weighted by Crippen LogP contribution is 2.32. The summed E-state index contributed by atoms with van der Waals surface area (Å²) in [5.41, 5.74) is 2.97. The quantitative estimate of drug-likeness (QED) is 0.649. The Morgan fingerprint density at radius 1 is 1.19 bits per heavy atom. The van der Waals surface area contributed by atoms with Gasteiger partial charge in [0.1, 0.15) is 6.10 Å². The molecule has 2 atom stereocenters. The van der Waals surface area contributed by atoms with Crippen molar-refractivity contribution in [3.63, 3.8) is 0 Å². The molecule has 6 nitrogen and oxygen atoms in total. The van der Waals surface area contributed by atoms with Gasteiger partial charge in [-0.05, 0) is 36.8 Å². The maximum absolute atomic E-state index is 12.5. The topological polar surface area (TPSA) is 57.2 Å². The van der Waals surface area contributed by atoms with E-state index in [1.54, 1.807) is 0 Å². The van der Waals surface area contributed by atoms with Crippen LogP contribution >= 0.6 is 0 Å². The summed E-state index contributed by atoms with van der Waals surface area (Å²) in [5, 5.41) is 3.57. The van der Waals surface area contributed by atoms with E-state index in [2.05, 4.69) is 39.5 Å². The van der Waals surface area contributed by atoms with Crippen molar-refractivity contribution in [2.24, 2.45) is 4.99 Å². The zero-order valence-electron chi connectivity index (χ0n) is 16.2. The highest BCUT2D eigenvalue weighted by atomic mass is 16.5. The smallest absolute Gasteiger partial charge is 0.251 e. The summed E-state index contributed by atoms with van der Waals surface area (Å²) in [5.74, 6) is 1.67. The van der Waals surface area contributed by atoms with Crippen molar-refractivity contribution < 1.29 is 9.53 Å². The number of ether oxygens (including phenoxy) is 1. The molecule has 2 fully saturated rings. The van der Waals surface area contributed by atoms with Crippen LogP contribution in [-0.2, 0) is 16.0 Å². The third-order valence-electron chi connectivity index (χ3n) is 6.07. The summed E-state index contributed by atoms with van der Waals surface area (Å²) in [7, 11) is 1.84. The summed E-state index contributed by atoms with van der Waals surface area (Å²) >= 11 is 0. The largest absolute Gasteiger partial charge is 0.368 e. The number of rotatable bonds is 3. The van der Waals surface area contributed by atoms with Crippen LogP contribution in [0.25, 0.3) is 0 Å². The second-order valence-corrected chi connectivity index (χ2v) is 7.68. The normalized spacial score (nSPS) is 25.6. The number of fused-ring (bicyclic) bond motifs is 1.